The molecule has 0 bridgehead atoms. The van der Waals surface area contributed by atoms with Gasteiger partial charge >= 0.3 is 0 Å². The summed E-state index contributed by atoms with van der Waals surface area (Å²) in [6.45, 7) is 9.58. The van der Waals surface area contributed by atoms with Crippen LogP contribution >= 0.6 is 27.3 Å². The Hall–Kier alpha value is -0.650. The Morgan fingerprint density at radius 2 is 2.15 bits per heavy atom. The molecule has 0 aliphatic carbocycles. The summed E-state index contributed by atoms with van der Waals surface area (Å²) >= 11 is 5.09. The molecule has 0 aromatic carbocycles. The maximum atomic E-state index is 5.68. The molecular weight excluding hydrogens is 336 g/mol. The molecule has 0 saturated heterocycles. The molecule has 0 aliphatic heterocycles. The van der Waals surface area contributed by atoms with Gasteiger partial charge < -0.3 is 9.73 Å². The van der Waals surface area contributed by atoms with Gasteiger partial charge in [-0.15, -0.1) is 11.3 Å². The van der Waals surface area contributed by atoms with Crippen molar-refractivity contribution in [2.24, 2.45) is 0 Å². The molecule has 2 aromatic rings. The number of likely N-dealkylation sites (N-methyl/N-ethyl adjacent to an activating group) is 1. The number of hydrogen-bond donors (Lipinski definition) is 1. The van der Waals surface area contributed by atoms with Crippen molar-refractivity contribution >= 4 is 27.3 Å². The molecule has 2 aromatic heterocycles. The molecule has 0 saturated carbocycles. The molecule has 1 N–H and O–H groups in total. The van der Waals surface area contributed by atoms with Crippen LogP contribution in [0.4, 0.5) is 0 Å². The van der Waals surface area contributed by atoms with Crippen LogP contribution in [0.2, 0.25) is 0 Å². The van der Waals surface area contributed by atoms with E-state index in [9.17, 15) is 0 Å². The average molecular weight is 357 g/mol. The molecule has 0 fully saturated rings. The Morgan fingerprint density at radius 3 is 2.65 bits per heavy atom. The number of nitrogens with zero attached hydrogens (tertiary/aromatic N) is 1. The molecule has 20 heavy (non-hydrogen) atoms. The van der Waals surface area contributed by atoms with Crippen molar-refractivity contribution in [1.29, 1.82) is 0 Å². The fourth-order valence-corrected chi connectivity index (χ4v) is 3.35. The first-order valence-electron chi connectivity index (χ1n) is 6.83. The summed E-state index contributed by atoms with van der Waals surface area (Å²) in [6.07, 6.45) is 0.856. The summed E-state index contributed by atoms with van der Waals surface area (Å²) in [7, 11) is 0. The quantitative estimate of drug-likeness (QED) is 0.844. The Balaban J connectivity index is 2.14. The van der Waals surface area contributed by atoms with Crippen molar-refractivity contribution < 1.29 is 4.42 Å². The van der Waals surface area contributed by atoms with Crippen molar-refractivity contribution in [3.63, 3.8) is 0 Å². The van der Waals surface area contributed by atoms with Gasteiger partial charge in [-0.05, 0) is 34.6 Å². The van der Waals surface area contributed by atoms with Crippen LogP contribution in [0.5, 0.6) is 0 Å². The predicted molar refractivity (Wildman–Crippen MR) is 87.3 cm³/mol. The average Bonchev–Trinajstić information content (AvgIpc) is 2.96. The summed E-state index contributed by atoms with van der Waals surface area (Å²) in [4.78, 5) is 4.76. The summed E-state index contributed by atoms with van der Waals surface area (Å²) < 4.78 is 6.44. The van der Waals surface area contributed by atoms with E-state index in [0.29, 0.717) is 0 Å². The second-order valence-corrected chi connectivity index (χ2v) is 7.56. The van der Waals surface area contributed by atoms with E-state index in [0.717, 1.165) is 34.1 Å². The number of aromatic nitrogens is 1. The number of furan rings is 1. The monoisotopic (exact) mass is 356 g/mol. The highest BCUT2D eigenvalue weighted by molar-refractivity contribution is 9.10. The maximum absolute atomic E-state index is 5.68. The first-order valence-corrected chi connectivity index (χ1v) is 8.51. The zero-order valence-corrected chi connectivity index (χ0v) is 14.8. The Morgan fingerprint density at radius 1 is 1.40 bits per heavy atom. The fraction of sp³-hybridized carbons (Fsp3) is 0.533. The lowest BCUT2D eigenvalue weighted by Crippen LogP contribution is -2.22. The van der Waals surface area contributed by atoms with E-state index in [4.69, 9.17) is 9.40 Å². The van der Waals surface area contributed by atoms with Crippen LogP contribution in [0.25, 0.3) is 0 Å². The molecule has 1 unspecified atom stereocenters. The van der Waals surface area contributed by atoms with E-state index in [1.807, 2.05) is 12.1 Å². The molecular formula is C15H21BrN2OS. The molecule has 3 nitrogen and oxygen atoms in total. The van der Waals surface area contributed by atoms with Gasteiger partial charge in [0, 0.05) is 17.2 Å². The van der Waals surface area contributed by atoms with Crippen LogP contribution < -0.4 is 5.32 Å². The van der Waals surface area contributed by atoms with Gasteiger partial charge in [-0.2, -0.15) is 0 Å². The maximum Gasteiger partial charge on any atom is 0.169 e. The van der Waals surface area contributed by atoms with Gasteiger partial charge in [-0.25, -0.2) is 4.98 Å². The molecule has 5 heteroatoms. The normalized spacial score (nSPS) is 13.7. The number of nitrogens with one attached hydrogen (secondary N) is 1. The Kier molecular flexibility index (Phi) is 5.04. The van der Waals surface area contributed by atoms with E-state index in [1.165, 1.54) is 0 Å². The highest BCUT2D eigenvalue weighted by Crippen LogP contribution is 2.28. The summed E-state index contributed by atoms with van der Waals surface area (Å²) in [5.74, 6) is 0.950. The van der Waals surface area contributed by atoms with Crippen molar-refractivity contribution in [3.8, 4) is 0 Å². The van der Waals surface area contributed by atoms with Crippen LogP contribution in [-0.2, 0) is 11.8 Å². The lowest BCUT2D eigenvalue weighted by Gasteiger charge is -2.15. The molecule has 0 radical (unpaired) electrons. The number of rotatable bonds is 5. The van der Waals surface area contributed by atoms with Crippen molar-refractivity contribution in [2.45, 2.75) is 45.6 Å². The van der Waals surface area contributed by atoms with E-state index in [1.54, 1.807) is 11.3 Å². The SMILES string of the molecule is CCNC(Cc1nc(C(C)(C)C)cs1)c1ccc(Br)o1. The van der Waals surface area contributed by atoms with Gasteiger partial charge in [0.1, 0.15) is 5.76 Å². The first kappa shape index (κ1) is 15.7. The van der Waals surface area contributed by atoms with E-state index in [-0.39, 0.29) is 11.5 Å². The van der Waals surface area contributed by atoms with Crippen molar-refractivity contribution in [2.75, 3.05) is 6.54 Å². The third-order valence-electron chi connectivity index (χ3n) is 3.09. The van der Waals surface area contributed by atoms with E-state index < -0.39 is 0 Å². The standard InChI is InChI=1S/C15H21BrN2OS/c1-5-17-10(11-6-7-13(16)19-11)8-14-18-12(9-20-14)15(2,3)4/h6-7,9-10,17H,5,8H2,1-4H3. The third-order valence-corrected chi connectivity index (χ3v) is 4.38. The summed E-state index contributed by atoms with van der Waals surface area (Å²) in [5.41, 5.74) is 1.27. The van der Waals surface area contributed by atoms with Gasteiger partial charge in [0.25, 0.3) is 0 Å². The molecule has 1 atom stereocenters. The van der Waals surface area contributed by atoms with Crippen LogP contribution in [0.15, 0.2) is 26.6 Å². The number of halogens is 1. The second-order valence-electron chi connectivity index (χ2n) is 5.83. The molecule has 2 rings (SSSR count). The van der Waals surface area contributed by atoms with Crippen LogP contribution in [0.1, 0.15) is 50.2 Å². The van der Waals surface area contributed by atoms with Crippen LogP contribution in [-0.4, -0.2) is 11.5 Å². The van der Waals surface area contributed by atoms with Crippen LogP contribution in [0.3, 0.4) is 0 Å². The number of thiazole rings is 1. The second kappa shape index (κ2) is 6.41. The van der Waals surface area contributed by atoms with Gasteiger partial charge in [-0.1, -0.05) is 27.7 Å². The van der Waals surface area contributed by atoms with E-state index >= 15 is 0 Å². The van der Waals surface area contributed by atoms with Gasteiger partial charge in [-0.3, -0.25) is 0 Å². The zero-order valence-electron chi connectivity index (χ0n) is 12.4. The highest BCUT2D eigenvalue weighted by atomic mass is 79.9. The molecule has 2 heterocycles. The lowest BCUT2D eigenvalue weighted by molar-refractivity contribution is 0.404. The minimum atomic E-state index is 0.107. The fourth-order valence-electron chi connectivity index (χ4n) is 1.96. The smallest absolute Gasteiger partial charge is 0.169 e. The van der Waals surface area contributed by atoms with Crippen LogP contribution in [0, 0.1) is 0 Å². The topological polar surface area (TPSA) is 38.1 Å². The van der Waals surface area contributed by atoms with Gasteiger partial charge in [0.2, 0.25) is 0 Å². The third kappa shape index (κ3) is 3.93. The number of hydrogen-bond acceptors (Lipinski definition) is 4. The predicted octanol–water partition coefficient (Wildman–Crippen LogP) is 4.69. The first-order chi connectivity index (χ1) is 9.40. The highest BCUT2D eigenvalue weighted by Gasteiger charge is 2.20. The molecule has 110 valence electrons. The van der Waals surface area contributed by atoms with E-state index in [2.05, 4.69) is 54.3 Å². The lowest BCUT2D eigenvalue weighted by atomic mass is 9.93. The van der Waals surface area contributed by atoms with Crippen molar-refractivity contribution in [1.82, 2.24) is 10.3 Å². The minimum Gasteiger partial charge on any atom is -0.453 e. The minimum absolute atomic E-state index is 0.107. The molecule has 0 aliphatic rings. The molecule has 0 spiro atoms. The zero-order chi connectivity index (χ0) is 14.8. The van der Waals surface area contributed by atoms with Crippen molar-refractivity contribution in [3.05, 3.63) is 38.6 Å². The summed E-state index contributed by atoms with van der Waals surface area (Å²) in [5, 5.41) is 6.77. The largest absolute Gasteiger partial charge is 0.453 e. The Labute approximate surface area is 132 Å². The summed E-state index contributed by atoms with van der Waals surface area (Å²) in [6, 6.07) is 4.11. The Bertz CT molecular complexity index is 556. The van der Waals surface area contributed by atoms with Gasteiger partial charge in [0.15, 0.2) is 4.67 Å². The van der Waals surface area contributed by atoms with Gasteiger partial charge in [0.05, 0.1) is 16.7 Å². The molecule has 0 amide bonds.